The Morgan fingerprint density at radius 1 is 1.04 bits per heavy atom. The molecule has 0 bridgehead atoms. The van der Waals surface area contributed by atoms with Crippen LogP contribution in [-0.2, 0) is 6.61 Å². The van der Waals surface area contributed by atoms with Gasteiger partial charge < -0.3 is 5.11 Å². The van der Waals surface area contributed by atoms with E-state index in [1.165, 1.54) is 0 Å². The quantitative estimate of drug-likeness (QED) is 0.677. The van der Waals surface area contributed by atoms with Gasteiger partial charge in [0.15, 0.2) is 0 Å². The van der Waals surface area contributed by atoms with Crippen LogP contribution >= 0.6 is 36.2 Å². The summed E-state index contributed by atoms with van der Waals surface area (Å²) in [6.07, 6.45) is 3.56. The van der Waals surface area contributed by atoms with E-state index in [0.717, 1.165) is 33.0 Å². The lowest BCUT2D eigenvalue weighted by Crippen LogP contribution is -1.86. The molecular formula is C18H16Cl2N2OS. The number of aromatic nitrogens is 2. The number of aliphatic hydroxyl groups excluding tert-OH is 1. The molecule has 1 N–H and O–H groups in total. The topological polar surface area (TPSA) is 46.0 Å². The Bertz CT molecular complexity index is 851. The van der Waals surface area contributed by atoms with Crippen molar-refractivity contribution in [3.63, 3.8) is 0 Å². The van der Waals surface area contributed by atoms with Crippen LogP contribution in [0.4, 0.5) is 0 Å². The van der Waals surface area contributed by atoms with Crippen LogP contribution in [0.5, 0.6) is 0 Å². The Kier molecular flexibility index (Phi) is 7.90. The van der Waals surface area contributed by atoms with Crippen molar-refractivity contribution < 1.29 is 5.11 Å². The molecular weight excluding hydrogens is 363 g/mol. The van der Waals surface area contributed by atoms with E-state index in [-0.39, 0.29) is 31.4 Å². The fourth-order valence-electron chi connectivity index (χ4n) is 2.03. The molecule has 0 aliphatic carbocycles. The molecule has 3 aromatic rings. The third-order valence-corrected chi connectivity index (χ3v) is 3.94. The first-order valence-electron chi connectivity index (χ1n) is 6.84. The fourth-order valence-corrected chi connectivity index (χ4v) is 2.57. The molecule has 124 valence electrons. The van der Waals surface area contributed by atoms with Crippen LogP contribution in [0.25, 0.3) is 11.1 Å². The van der Waals surface area contributed by atoms with Crippen molar-refractivity contribution in [2.45, 2.75) is 13.5 Å². The molecule has 2 aromatic heterocycles. The Hall–Kier alpha value is -1.90. The second-order valence-electron chi connectivity index (χ2n) is 4.82. The van der Waals surface area contributed by atoms with Crippen LogP contribution in [0.15, 0.2) is 48.1 Å². The Morgan fingerprint density at radius 2 is 1.79 bits per heavy atom. The van der Waals surface area contributed by atoms with E-state index >= 15 is 0 Å². The predicted molar refractivity (Wildman–Crippen MR) is 103 cm³/mol. The largest absolute Gasteiger partial charge is 0.392 e. The minimum Gasteiger partial charge on any atom is -0.392 e. The molecule has 0 spiro atoms. The number of benzene rings is 1. The third-order valence-electron chi connectivity index (χ3n) is 3.16. The summed E-state index contributed by atoms with van der Waals surface area (Å²) >= 11 is 1.59. The van der Waals surface area contributed by atoms with Crippen LogP contribution in [0.1, 0.15) is 21.8 Å². The highest BCUT2D eigenvalue weighted by Crippen LogP contribution is 2.20. The Balaban J connectivity index is 0.00000144. The summed E-state index contributed by atoms with van der Waals surface area (Å²) in [5.41, 5.74) is 4.60. The van der Waals surface area contributed by atoms with Gasteiger partial charge in [-0.3, -0.25) is 4.98 Å². The predicted octanol–water partition coefficient (Wildman–Crippen LogP) is 4.25. The van der Waals surface area contributed by atoms with E-state index < -0.39 is 0 Å². The molecule has 0 atom stereocenters. The SMILES string of the molecule is Cc1nc(C#Cc2cncc(-c3ccc(CO)cc3)c2)cs1.Cl.Cl. The van der Waals surface area contributed by atoms with Gasteiger partial charge in [-0.25, -0.2) is 4.98 Å². The molecule has 0 unspecified atom stereocenters. The number of aryl methyl sites for hydroxylation is 1. The number of halogens is 2. The minimum atomic E-state index is 0. The average Bonchev–Trinajstić information content (AvgIpc) is 2.99. The second kappa shape index (κ2) is 9.41. The van der Waals surface area contributed by atoms with Gasteiger partial charge in [0, 0.05) is 28.9 Å². The zero-order chi connectivity index (χ0) is 15.4. The van der Waals surface area contributed by atoms with Gasteiger partial charge in [0.1, 0.15) is 5.69 Å². The first-order valence-corrected chi connectivity index (χ1v) is 7.72. The number of rotatable bonds is 2. The molecule has 3 rings (SSSR count). The summed E-state index contributed by atoms with van der Waals surface area (Å²) in [5, 5.41) is 12.1. The molecule has 6 heteroatoms. The van der Waals surface area contributed by atoms with Crippen molar-refractivity contribution in [3.8, 4) is 23.0 Å². The van der Waals surface area contributed by atoms with Crippen molar-refractivity contribution in [1.29, 1.82) is 0 Å². The zero-order valence-corrected chi connectivity index (χ0v) is 15.3. The van der Waals surface area contributed by atoms with Gasteiger partial charge in [-0.15, -0.1) is 36.2 Å². The van der Waals surface area contributed by atoms with E-state index in [0.29, 0.717) is 0 Å². The van der Waals surface area contributed by atoms with Gasteiger partial charge in [-0.1, -0.05) is 30.2 Å². The van der Waals surface area contributed by atoms with Gasteiger partial charge in [-0.2, -0.15) is 0 Å². The number of hydrogen-bond acceptors (Lipinski definition) is 4. The number of hydrogen-bond donors (Lipinski definition) is 1. The van der Waals surface area contributed by atoms with Crippen LogP contribution < -0.4 is 0 Å². The molecule has 0 aliphatic heterocycles. The van der Waals surface area contributed by atoms with E-state index in [9.17, 15) is 0 Å². The van der Waals surface area contributed by atoms with E-state index in [2.05, 4.69) is 21.8 Å². The van der Waals surface area contributed by atoms with Crippen molar-refractivity contribution in [2.75, 3.05) is 0 Å². The molecule has 0 saturated heterocycles. The number of thiazole rings is 1. The van der Waals surface area contributed by atoms with Crippen molar-refractivity contribution in [2.24, 2.45) is 0 Å². The maximum atomic E-state index is 9.09. The molecule has 0 fully saturated rings. The maximum absolute atomic E-state index is 9.09. The molecule has 24 heavy (non-hydrogen) atoms. The second-order valence-corrected chi connectivity index (χ2v) is 5.88. The number of nitrogens with zero attached hydrogens (tertiary/aromatic N) is 2. The smallest absolute Gasteiger partial charge is 0.124 e. The Labute approximate surface area is 157 Å². The molecule has 3 nitrogen and oxygen atoms in total. The van der Waals surface area contributed by atoms with Gasteiger partial charge in [0.2, 0.25) is 0 Å². The van der Waals surface area contributed by atoms with Crippen molar-refractivity contribution in [3.05, 3.63) is 69.9 Å². The molecule has 0 amide bonds. The van der Waals surface area contributed by atoms with Gasteiger partial charge >= 0.3 is 0 Å². The summed E-state index contributed by atoms with van der Waals surface area (Å²) < 4.78 is 0. The highest BCUT2D eigenvalue weighted by Gasteiger charge is 2.00. The van der Waals surface area contributed by atoms with Gasteiger partial charge in [0.05, 0.1) is 11.6 Å². The average molecular weight is 379 g/mol. The van der Waals surface area contributed by atoms with Crippen LogP contribution in [0.3, 0.4) is 0 Å². The maximum Gasteiger partial charge on any atom is 0.124 e. The summed E-state index contributed by atoms with van der Waals surface area (Å²) in [7, 11) is 0. The third kappa shape index (κ3) is 5.05. The first kappa shape index (κ1) is 20.1. The minimum absolute atomic E-state index is 0. The lowest BCUT2D eigenvalue weighted by Gasteiger charge is -2.03. The van der Waals surface area contributed by atoms with Crippen LogP contribution in [0.2, 0.25) is 0 Å². The standard InChI is InChI=1S/C18H14N2OS.2ClH/c1-13-20-18(12-22-13)7-4-15-8-17(10-19-9-15)16-5-2-14(11-21)3-6-16;;/h2-3,5-6,8-10,12,21H,11H2,1H3;2*1H. The number of pyridine rings is 1. The van der Waals surface area contributed by atoms with Crippen molar-refractivity contribution >= 4 is 36.2 Å². The van der Waals surface area contributed by atoms with E-state index in [1.807, 2.05) is 48.8 Å². The van der Waals surface area contributed by atoms with Gasteiger partial charge in [0.25, 0.3) is 0 Å². The molecule has 1 aromatic carbocycles. The van der Waals surface area contributed by atoms with Crippen LogP contribution in [-0.4, -0.2) is 15.1 Å². The normalized spacial score (nSPS) is 9.25. The highest BCUT2D eigenvalue weighted by atomic mass is 35.5. The Morgan fingerprint density at radius 3 is 2.42 bits per heavy atom. The fraction of sp³-hybridized carbons (Fsp3) is 0.111. The monoisotopic (exact) mass is 378 g/mol. The molecule has 0 saturated carbocycles. The van der Waals surface area contributed by atoms with Crippen LogP contribution in [0, 0.1) is 18.8 Å². The molecule has 0 radical (unpaired) electrons. The van der Waals surface area contributed by atoms with Crippen molar-refractivity contribution in [1.82, 2.24) is 9.97 Å². The van der Waals surface area contributed by atoms with E-state index in [4.69, 9.17) is 5.11 Å². The highest BCUT2D eigenvalue weighted by molar-refractivity contribution is 7.09. The zero-order valence-electron chi connectivity index (χ0n) is 12.9. The van der Waals surface area contributed by atoms with E-state index in [1.54, 1.807) is 17.5 Å². The number of aliphatic hydroxyl groups is 1. The lowest BCUT2D eigenvalue weighted by molar-refractivity contribution is 0.282. The summed E-state index contributed by atoms with van der Waals surface area (Å²) in [4.78, 5) is 8.58. The lowest BCUT2D eigenvalue weighted by atomic mass is 10.0. The summed E-state index contributed by atoms with van der Waals surface area (Å²) in [5.74, 6) is 6.15. The summed E-state index contributed by atoms with van der Waals surface area (Å²) in [6, 6.07) is 9.78. The van der Waals surface area contributed by atoms with Gasteiger partial charge in [-0.05, 0) is 30.0 Å². The summed E-state index contributed by atoms with van der Waals surface area (Å²) in [6.45, 7) is 2.02. The first-order chi connectivity index (χ1) is 10.7. The molecule has 0 aliphatic rings. The molecule has 2 heterocycles.